The predicted molar refractivity (Wildman–Crippen MR) is 78.6 cm³/mol. The Morgan fingerprint density at radius 3 is 2.87 bits per heavy atom. The molecule has 3 aromatic rings. The molecule has 1 amide bonds. The molecule has 8 nitrogen and oxygen atoms in total. The molecule has 0 aromatic carbocycles. The van der Waals surface area contributed by atoms with Crippen molar-refractivity contribution in [3.05, 3.63) is 48.2 Å². The van der Waals surface area contributed by atoms with Gasteiger partial charge in [0.25, 0.3) is 11.9 Å². The molecule has 0 aliphatic heterocycles. The summed E-state index contributed by atoms with van der Waals surface area (Å²) in [6.45, 7) is 0.154. The summed E-state index contributed by atoms with van der Waals surface area (Å²) in [5, 5.41) is 3.86. The molecule has 0 N–H and O–H groups in total. The standard InChI is InChI=1S/C15H14N4O4/c1-19(15(20)11-6-7-13(21-2)22-11)9-12-17-14(18-23-12)10-5-3-4-8-16-10/h3-8H,9H2,1-2H3. The Balaban J connectivity index is 1.69. The number of hydrogen-bond acceptors (Lipinski definition) is 7. The summed E-state index contributed by atoms with van der Waals surface area (Å²) in [6.07, 6.45) is 1.64. The Labute approximate surface area is 131 Å². The van der Waals surface area contributed by atoms with Crippen LogP contribution in [0.1, 0.15) is 16.4 Å². The smallest absolute Gasteiger partial charge is 0.289 e. The number of amides is 1. The lowest BCUT2D eigenvalue weighted by Gasteiger charge is -2.12. The van der Waals surface area contributed by atoms with E-state index < -0.39 is 0 Å². The molecule has 0 fully saturated rings. The number of nitrogens with zero attached hydrogens (tertiary/aromatic N) is 4. The minimum absolute atomic E-state index is 0.154. The van der Waals surface area contributed by atoms with Crippen molar-refractivity contribution in [2.75, 3.05) is 14.2 Å². The maximum absolute atomic E-state index is 12.2. The molecule has 0 spiro atoms. The summed E-state index contributed by atoms with van der Waals surface area (Å²) in [5.41, 5.74) is 0.604. The maximum Gasteiger partial charge on any atom is 0.289 e. The van der Waals surface area contributed by atoms with Crippen LogP contribution in [0.25, 0.3) is 11.5 Å². The van der Waals surface area contributed by atoms with Gasteiger partial charge in [0.05, 0.1) is 7.11 Å². The number of pyridine rings is 1. The minimum Gasteiger partial charge on any atom is -0.468 e. The van der Waals surface area contributed by atoms with Gasteiger partial charge in [-0.3, -0.25) is 9.78 Å². The Morgan fingerprint density at radius 1 is 1.30 bits per heavy atom. The van der Waals surface area contributed by atoms with Crippen LogP contribution in [-0.2, 0) is 6.54 Å². The van der Waals surface area contributed by atoms with Gasteiger partial charge in [0, 0.05) is 19.3 Å². The summed E-state index contributed by atoms with van der Waals surface area (Å²) in [4.78, 5) is 22.0. The number of hydrogen-bond donors (Lipinski definition) is 0. The van der Waals surface area contributed by atoms with E-state index in [4.69, 9.17) is 13.7 Å². The molecular formula is C15H14N4O4. The summed E-state index contributed by atoms with van der Waals surface area (Å²) in [6, 6.07) is 8.53. The molecule has 0 aliphatic carbocycles. The number of carbonyl (C=O) groups excluding carboxylic acids is 1. The molecule has 0 saturated heterocycles. The van der Waals surface area contributed by atoms with Crippen molar-refractivity contribution in [3.8, 4) is 17.5 Å². The first kappa shape index (κ1) is 14.8. The van der Waals surface area contributed by atoms with Crippen molar-refractivity contribution in [2.45, 2.75) is 6.54 Å². The summed E-state index contributed by atoms with van der Waals surface area (Å²) in [7, 11) is 3.08. The van der Waals surface area contributed by atoms with Gasteiger partial charge in [-0.05, 0) is 18.2 Å². The third-order valence-electron chi connectivity index (χ3n) is 3.07. The van der Waals surface area contributed by atoms with Crippen LogP contribution in [0.5, 0.6) is 5.95 Å². The van der Waals surface area contributed by atoms with Crippen molar-refractivity contribution in [1.29, 1.82) is 0 Å². The fraction of sp³-hybridized carbons (Fsp3) is 0.200. The van der Waals surface area contributed by atoms with Crippen LogP contribution in [0.2, 0.25) is 0 Å². The third kappa shape index (κ3) is 3.20. The van der Waals surface area contributed by atoms with Crippen molar-refractivity contribution in [1.82, 2.24) is 20.0 Å². The number of rotatable bonds is 5. The van der Waals surface area contributed by atoms with Gasteiger partial charge in [-0.2, -0.15) is 4.98 Å². The van der Waals surface area contributed by atoms with Crippen molar-refractivity contribution in [3.63, 3.8) is 0 Å². The average Bonchev–Trinajstić information content (AvgIpc) is 3.24. The zero-order chi connectivity index (χ0) is 16.2. The molecule has 0 unspecified atom stereocenters. The van der Waals surface area contributed by atoms with Crippen LogP contribution in [0.15, 0.2) is 45.5 Å². The van der Waals surface area contributed by atoms with E-state index in [1.165, 1.54) is 12.0 Å². The van der Waals surface area contributed by atoms with Crippen LogP contribution >= 0.6 is 0 Å². The first-order valence-electron chi connectivity index (χ1n) is 6.80. The normalized spacial score (nSPS) is 10.5. The Bertz CT molecular complexity index is 797. The molecule has 8 heteroatoms. The van der Waals surface area contributed by atoms with Gasteiger partial charge < -0.3 is 18.6 Å². The fourth-order valence-electron chi connectivity index (χ4n) is 1.93. The molecule has 0 radical (unpaired) electrons. The van der Waals surface area contributed by atoms with E-state index in [1.807, 2.05) is 6.07 Å². The zero-order valence-corrected chi connectivity index (χ0v) is 12.6. The van der Waals surface area contributed by atoms with Crippen molar-refractivity contribution < 1.29 is 18.5 Å². The van der Waals surface area contributed by atoms with Crippen LogP contribution in [0.3, 0.4) is 0 Å². The topological polar surface area (TPSA) is 94.5 Å². The lowest BCUT2D eigenvalue weighted by atomic mass is 10.3. The van der Waals surface area contributed by atoms with Crippen LogP contribution < -0.4 is 4.74 Å². The first-order valence-corrected chi connectivity index (χ1v) is 6.80. The second-order valence-corrected chi connectivity index (χ2v) is 4.71. The van der Waals surface area contributed by atoms with Gasteiger partial charge in [-0.1, -0.05) is 11.2 Å². The lowest BCUT2D eigenvalue weighted by Crippen LogP contribution is -2.25. The molecule has 118 valence electrons. The van der Waals surface area contributed by atoms with Crippen LogP contribution in [-0.4, -0.2) is 40.1 Å². The summed E-state index contributed by atoms with van der Waals surface area (Å²) in [5.74, 6) is 0.817. The van der Waals surface area contributed by atoms with Crippen LogP contribution in [0.4, 0.5) is 0 Å². The van der Waals surface area contributed by atoms with Crippen molar-refractivity contribution in [2.24, 2.45) is 0 Å². The monoisotopic (exact) mass is 314 g/mol. The Kier molecular flexibility index (Phi) is 4.05. The lowest BCUT2D eigenvalue weighted by molar-refractivity contribution is 0.0731. The van der Waals surface area contributed by atoms with Gasteiger partial charge in [0.2, 0.25) is 11.7 Å². The predicted octanol–water partition coefficient (Wildman–Crippen LogP) is 2.01. The Hall–Kier alpha value is -3.16. The molecular weight excluding hydrogens is 300 g/mol. The van der Waals surface area contributed by atoms with Gasteiger partial charge in [-0.15, -0.1) is 0 Å². The van der Waals surface area contributed by atoms with Gasteiger partial charge in [-0.25, -0.2) is 0 Å². The highest BCUT2D eigenvalue weighted by molar-refractivity contribution is 5.91. The summed E-state index contributed by atoms with van der Waals surface area (Å²) >= 11 is 0. The number of carbonyl (C=O) groups is 1. The fourth-order valence-corrected chi connectivity index (χ4v) is 1.93. The average molecular weight is 314 g/mol. The van der Waals surface area contributed by atoms with Crippen molar-refractivity contribution >= 4 is 5.91 Å². The van der Waals surface area contributed by atoms with E-state index in [0.29, 0.717) is 17.4 Å². The van der Waals surface area contributed by atoms with Gasteiger partial charge in [0.1, 0.15) is 12.2 Å². The molecule has 3 aromatic heterocycles. The van der Waals surface area contributed by atoms with E-state index in [-0.39, 0.29) is 24.2 Å². The number of methoxy groups -OCH3 is 1. The maximum atomic E-state index is 12.2. The number of furan rings is 1. The molecule has 3 rings (SSSR count). The minimum atomic E-state index is -0.314. The summed E-state index contributed by atoms with van der Waals surface area (Å²) < 4.78 is 15.3. The molecule has 0 bridgehead atoms. The highest BCUT2D eigenvalue weighted by Gasteiger charge is 2.19. The second-order valence-electron chi connectivity index (χ2n) is 4.71. The first-order chi connectivity index (χ1) is 11.2. The highest BCUT2D eigenvalue weighted by atomic mass is 16.6. The van der Waals surface area contributed by atoms with E-state index in [0.717, 1.165) is 0 Å². The van der Waals surface area contributed by atoms with E-state index >= 15 is 0 Å². The molecule has 3 heterocycles. The van der Waals surface area contributed by atoms with E-state index in [1.54, 1.807) is 37.5 Å². The van der Waals surface area contributed by atoms with Crippen LogP contribution in [0, 0.1) is 0 Å². The highest BCUT2D eigenvalue weighted by Crippen LogP contribution is 2.18. The Morgan fingerprint density at radius 2 is 2.17 bits per heavy atom. The largest absolute Gasteiger partial charge is 0.468 e. The quantitative estimate of drug-likeness (QED) is 0.710. The van der Waals surface area contributed by atoms with Gasteiger partial charge >= 0.3 is 0 Å². The SMILES string of the molecule is COc1ccc(C(=O)N(C)Cc2nc(-c3ccccn3)no2)o1. The molecule has 0 aliphatic rings. The zero-order valence-electron chi connectivity index (χ0n) is 12.6. The third-order valence-corrected chi connectivity index (χ3v) is 3.07. The second kappa shape index (κ2) is 6.30. The number of ether oxygens (including phenoxy) is 1. The number of aromatic nitrogens is 3. The van der Waals surface area contributed by atoms with E-state index in [9.17, 15) is 4.79 Å². The van der Waals surface area contributed by atoms with Gasteiger partial charge in [0.15, 0.2) is 5.76 Å². The molecule has 0 saturated carbocycles. The molecule has 0 atom stereocenters. The van der Waals surface area contributed by atoms with E-state index in [2.05, 4.69) is 15.1 Å². The molecule has 23 heavy (non-hydrogen) atoms.